The van der Waals surface area contributed by atoms with Gasteiger partial charge in [0.05, 0.1) is 13.1 Å². The molecular formula is C12H10Cl3N5. The van der Waals surface area contributed by atoms with Crippen molar-refractivity contribution in [2.45, 2.75) is 16.9 Å². The number of halogens is 3. The zero-order chi connectivity index (χ0) is 14.2. The van der Waals surface area contributed by atoms with E-state index >= 15 is 0 Å². The molecule has 1 aromatic heterocycles. The predicted octanol–water partition coefficient (Wildman–Crippen LogP) is 3.02. The molecule has 0 radical (unpaired) electrons. The van der Waals surface area contributed by atoms with Crippen LogP contribution in [0.25, 0.3) is 0 Å². The maximum atomic E-state index is 5.85. The number of nitrogens with zero attached hydrogens (tertiary/aromatic N) is 4. The van der Waals surface area contributed by atoms with Crippen LogP contribution in [0.5, 0.6) is 0 Å². The minimum absolute atomic E-state index is 0.284. The summed E-state index contributed by atoms with van der Waals surface area (Å²) in [5.41, 5.74) is 1.85. The molecule has 0 aliphatic carbocycles. The van der Waals surface area contributed by atoms with E-state index in [4.69, 9.17) is 34.8 Å². The maximum Gasteiger partial charge on any atom is 0.247 e. The molecule has 5 nitrogen and oxygen atoms in total. The van der Waals surface area contributed by atoms with Gasteiger partial charge in [-0.2, -0.15) is 0 Å². The first-order chi connectivity index (χ1) is 9.54. The smallest absolute Gasteiger partial charge is 0.247 e. The van der Waals surface area contributed by atoms with Crippen molar-refractivity contribution >= 4 is 46.5 Å². The highest BCUT2D eigenvalue weighted by Gasteiger charge is 2.32. The van der Waals surface area contributed by atoms with E-state index in [0.29, 0.717) is 18.9 Å². The van der Waals surface area contributed by atoms with Crippen molar-refractivity contribution < 1.29 is 0 Å². The average molecular weight is 331 g/mol. The number of anilines is 1. The third-order valence-electron chi connectivity index (χ3n) is 2.87. The van der Waals surface area contributed by atoms with E-state index < -0.39 is 3.79 Å². The maximum absolute atomic E-state index is 5.85. The van der Waals surface area contributed by atoms with Gasteiger partial charge in [-0.15, -0.1) is 5.10 Å². The van der Waals surface area contributed by atoms with Gasteiger partial charge in [0.1, 0.15) is 5.69 Å². The fraction of sp³-hybridized carbons (Fsp3) is 0.250. The molecule has 0 bridgehead atoms. The lowest BCUT2D eigenvalue weighted by Gasteiger charge is -2.20. The van der Waals surface area contributed by atoms with E-state index in [-0.39, 0.29) is 5.84 Å². The quantitative estimate of drug-likeness (QED) is 0.861. The normalized spacial score (nSPS) is 14.4. The van der Waals surface area contributed by atoms with E-state index in [1.165, 1.54) is 0 Å². The van der Waals surface area contributed by atoms with Crippen molar-refractivity contribution in [3.05, 3.63) is 41.6 Å². The number of alkyl halides is 3. The summed E-state index contributed by atoms with van der Waals surface area (Å²) in [4.78, 5) is 4.16. The summed E-state index contributed by atoms with van der Waals surface area (Å²) in [5.74, 6) is 0.997. The number of fused-ring (bicyclic) bond motifs is 1. The topological polar surface area (TPSA) is 55.1 Å². The highest BCUT2D eigenvalue weighted by atomic mass is 35.6. The highest BCUT2D eigenvalue weighted by molar-refractivity contribution is 6.77. The van der Waals surface area contributed by atoms with Crippen LogP contribution in [-0.2, 0) is 13.1 Å². The van der Waals surface area contributed by atoms with Gasteiger partial charge in [0, 0.05) is 0 Å². The Balaban J connectivity index is 1.86. The number of hydrogen-bond acceptors (Lipinski definition) is 4. The minimum Gasteiger partial charge on any atom is -0.324 e. The van der Waals surface area contributed by atoms with Gasteiger partial charge in [-0.05, 0) is 5.56 Å². The van der Waals surface area contributed by atoms with E-state index in [0.717, 1.165) is 11.3 Å². The second-order valence-electron chi connectivity index (χ2n) is 4.32. The van der Waals surface area contributed by atoms with Gasteiger partial charge in [-0.3, -0.25) is 4.99 Å². The van der Waals surface area contributed by atoms with Crippen molar-refractivity contribution in [1.82, 2.24) is 15.0 Å². The van der Waals surface area contributed by atoms with Gasteiger partial charge in [-0.25, -0.2) is 4.68 Å². The molecule has 0 atom stereocenters. The number of aliphatic imine (C=N–C) groups is 1. The van der Waals surface area contributed by atoms with Crippen LogP contribution in [0.2, 0.25) is 0 Å². The lowest BCUT2D eigenvalue weighted by molar-refractivity contribution is 0.656. The summed E-state index contributed by atoms with van der Waals surface area (Å²) in [7, 11) is 0. The van der Waals surface area contributed by atoms with E-state index in [9.17, 15) is 0 Å². The van der Waals surface area contributed by atoms with Gasteiger partial charge in [0.25, 0.3) is 0 Å². The Morgan fingerprint density at radius 3 is 2.65 bits per heavy atom. The number of rotatable bonds is 2. The lowest BCUT2D eigenvalue weighted by Crippen LogP contribution is -2.31. The van der Waals surface area contributed by atoms with Crippen LogP contribution in [0.3, 0.4) is 0 Å². The lowest BCUT2D eigenvalue weighted by atomic mass is 10.2. The van der Waals surface area contributed by atoms with Gasteiger partial charge >= 0.3 is 0 Å². The summed E-state index contributed by atoms with van der Waals surface area (Å²) in [5, 5.41) is 11.2. The molecule has 8 heteroatoms. The molecule has 0 fully saturated rings. The Kier molecular flexibility index (Phi) is 3.58. The van der Waals surface area contributed by atoms with Crippen molar-refractivity contribution in [3.63, 3.8) is 0 Å². The SMILES string of the molecule is ClC(Cl)(Cl)C1=NCc2nnn(Cc3ccccc3)c2N1. The van der Waals surface area contributed by atoms with E-state index in [2.05, 4.69) is 20.6 Å². The number of amidine groups is 1. The number of aromatic nitrogens is 3. The Hall–Kier alpha value is -1.30. The summed E-state index contributed by atoms with van der Waals surface area (Å²) in [6, 6.07) is 9.94. The Bertz CT molecular complexity index is 645. The Morgan fingerprint density at radius 1 is 1.20 bits per heavy atom. The molecule has 1 aliphatic rings. The van der Waals surface area contributed by atoms with Crippen LogP contribution < -0.4 is 5.32 Å². The van der Waals surface area contributed by atoms with Crippen molar-refractivity contribution in [3.8, 4) is 0 Å². The van der Waals surface area contributed by atoms with Gasteiger partial charge in [-0.1, -0.05) is 70.3 Å². The second-order valence-corrected chi connectivity index (χ2v) is 6.60. The Labute approximate surface area is 130 Å². The van der Waals surface area contributed by atoms with Crippen LogP contribution in [-0.4, -0.2) is 24.6 Å². The van der Waals surface area contributed by atoms with E-state index in [1.54, 1.807) is 4.68 Å². The minimum atomic E-state index is -1.58. The summed E-state index contributed by atoms with van der Waals surface area (Å²) in [6.45, 7) is 0.934. The summed E-state index contributed by atoms with van der Waals surface area (Å²) < 4.78 is 0.148. The molecule has 104 valence electrons. The van der Waals surface area contributed by atoms with Gasteiger partial charge < -0.3 is 5.32 Å². The molecule has 0 saturated heterocycles. The fourth-order valence-electron chi connectivity index (χ4n) is 1.93. The third kappa shape index (κ3) is 2.75. The first-order valence-corrected chi connectivity index (χ1v) is 7.02. The fourth-order valence-corrected chi connectivity index (χ4v) is 2.25. The monoisotopic (exact) mass is 329 g/mol. The number of nitrogens with one attached hydrogen (secondary N) is 1. The molecule has 20 heavy (non-hydrogen) atoms. The molecule has 1 N–H and O–H groups in total. The van der Waals surface area contributed by atoms with Crippen LogP contribution in [0, 0.1) is 0 Å². The molecule has 2 heterocycles. The zero-order valence-electron chi connectivity index (χ0n) is 10.2. The molecular weight excluding hydrogens is 321 g/mol. The molecule has 1 aliphatic heterocycles. The highest BCUT2D eigenvalue weighted by Crippen LogP contribution is 2.32. The largest absolute Gasteiger partial charge is 0.324 e. The standard InChI is InChI=1S/C12H10Cl3N5/c13-12(14,15)11-16-6-9-10(17-11)20(19-18-9)7-8-4-2-1-3-5-8/h1-5H,6-7H2,(H,16,17). The molecule has 3 rings (SSSR count). The molecule has 1 aromatic carbocycles. The summed E-state index contributed by atoms with van der Waals surface area (Å²) >= 11 is 17.5. The van der Waals surface area contributed by atoms with E-state index in [1.807, 2.05) is 30.3 Å². The molecule has 0 amide bonds. The molecule has 2 aromatic rings. The molecule has 0 saturated carbocycles. The molecule has 0 unspecified atom stereocenters. The van der Waals surface area contributed by atoms with Crippen molar-refractivity contribution in [2.75, 3.05) is 5.32 Å². The van der Waals surface area contributed by atoms with Crippen LogP contribution >= 0.6 is 34.8 Å². The first-order valence-electron chi connectivity index (χ1n) is 5.89. The van der Waals surface area contributed by atoms with Gasteiger partial charge in [0.15, 0.2) is 11.7 Å². The number of benzene rings is 1. The molecule has 0 spiro atoms. The van der Waals surface area contributed by atoms with Crippen LogP contribution in [0.4, 0.5) is 5.82 Å². The second kappa shape index (κ2) is 5.24. The predicted molar refractivity (Wildman–Crippen MR) is 80.6 cm³/mol. The average Bonchev–Trinajstić information content (AvgIpc) is 2.82. The third-order valence-corrected chi connectivity index (χ3v) is 3.41. The zero-order valence-corrected chi connectivity index (χ0v) is 12.5. The first kappa shape index (κ1) is 13.7. The number of hydrogen-bond donors (Lipinski definition) is 1. The van der Waals surface area contributed by atoms with Crippen molar-refractivity contribution in [1.29, 1.82) is 0 Å². The summed E-state index contributed by atoms with van der Waals surface area (Å²) in [6.07, 6.45) is 0. The van der Waals surface area contributed by atoms with Gasteiger partial charge in [0.2, 0.25) is 3.79 Å². The Morgan fingerprint density at radius 2 is 1.95 bits per heavy atom. The van der Waals surface area contributed by atoms with Crippen molar-refractivity contribution in [2.24, 2.45) is 4.99 Å². The van der Waals surface area contributed by atoms with Crippen LogP contribution in [0.1, 0.15) is 11.3 Å². The van der Waals surface area contributed by atoms with Crippen LogP contribution in [0.15, 0.2) is 35.3 Å².